The number of nitrogens with zero attached hydrogens (tertiary/aromatic N) is 7. The number of halogens is 2. The maximum absolute atomic E-state index is 15.0. The summed E-state index contributed by atoms with van der Waals surface area (Å²) in [5.41, 5.74) is 2.61. The van der Waals surface area contributed by atoms with E-state index in [1.807, 2.05) is 37.7 Å². The molecule has 198 valence electrons. The van der Waals surface area contributed by atoms with E-state index in [1.54, 1.807) is 12.1 Å². The Balaban J connectivity index is 1.20. The third-order valence-corrected chi connectivity index (χ3v) is 7.80. The SMILES string of the molecule is Cc1nc2c(F)cc(-c3cc(Nc4ncc(CN5C[C@H]6CCN(C)C[C@H]65)cn4)ncc3F)cc2n1C(C)C. The Hall–Kier alpha value is -3.50. The van der Waals surface area contributed by atoms with Crippen LogP contribution >= 0.6 is 0 Å². The number of imidazole rings is 1. The number of aromatic nitrogens is 5. The highest BCUT2D eigenvalue weighted by Gasteiger charge is 2.41. The molecule has 0 bridgehead atoms. The van der Waals surface area contributed by atoms with Gasteiger partial charge in [0.2, 0.25) is 5.95 Å². The molecule has 0 aliphatic carbocycles. The minimum absolute atomic E-state index is 0.0841. The molecular weight excluding hydrogens is 486 g/mol. The Morgan fingerprint density at radius 1 is 1.03 bits per heavy atom. The van der Waals surface area contributed by atoms with Crippen molar-refractivity contribution in [2.45, 2.75) is 45.8 Å². The Morgan fingerprint density at radius 2 is 1.82 bits per heavy atom. The molecular formula is C28H32F2N8. The molecule has 2 aliphatic heterocycles. The number of anilines is 2. The van der Waals surface area contributed by atoms with Gasteiger partial charge in [-0.05, 0) is 70.5 Å². The maximum Gasteiger partial charge on any atom is 0.228 e. The summed E-state index contributed by atoms with van der Waals surface area (Å²) in [5.74, 6) is 1.23. The van der Waals surface area contributed by atoms with Gasteiger partial charge < -0.3 is 14.8 Å². The number of benzene rings is 1. The average Bonchev–Trinajstić information content (AvgIpc) is 3.22. The zero-order valence-corrected chi connectivity index (χ0v) is 22.1. The first-order valence-electron chi connectivity index (χ1n) is 13.1. The standard InChI is InChI=1S/C28H32F2N8/c1-16(2)38-17(3)34-27-22(29)7-20(8-24(27)38)21-9-26(31-12-23(21)30)35-28-32-10-18(11-33-28)13-37-14-19-5-6-36(4)15-25(19)37/h7-12,16,19,25H,5-6,13-15H2,1-4H3,(H,31,32,33,35)/t19-,25-/m1/s1. The number of hydrogen-bond donors (Lipinski definition) is 1. The van der Waals surface area contributed by atoms with Gasteiger partial charge in [-0.15, -0.1) is 0 Å². The number of hydrogen-bond acceptors (Lipinski definition) is 7. The largest absolute Gasteiger partial charge is 0.326 e. The molecule has 5 heterocycles. The van der Waals surface area contributed by atoms with Gasteiger partial charge in [-0.3, -0.25) is 4.90 Å². The Bertz CT molecular complexity index is 1480. The minimum Gasteiger partial charge on any atom is -0.326 e. The molecule has 0 unspecified atom stereocenters. The molecule has 2 aliphatic rings. The molecule has 1 aromatic carbocycles. The highest BCUT2D eigenvalue weighted by atomic mass is 19.1. The van der Waals surface area contributed by atoms with Crippen LogP contribution in [0.15, 0.2) is 36.8 Å². The lowest BCUT2D eigenvalue weighted by atomic mass is 9.82. The molecule has 38 heavy (non-hydrogen) atoms. The van der Waals surface area contributed by atoms with Crippen LogP contribution < -0.4 is 5.32 Å². The summed E-state index contributed by atoms with van der Waals surface area (Å²) >= 11 is 0. The van der Waals surface area contributed by atoms with Crippen molar-refractivity contribution in [3.05, 3.63) is 59.8 Å². The van der Waals surface area contributed by atoms with Gasteiger partial charge in [0.25, 0.3) is 0 Å². The summed E-state index contributed by atoms with van der Waals surface area (Å²) in [6.45, 7) is 10.1. The van der Waals surface area contributed by atoms with E-state index >= 15 is 0 Å². The summed E-state index contributed by atoms with van der Waals surface area (Å²) in [4.78, 5) is 22.3. The lowest BCUT2D eigenvalue weighted by Gasteiger charge is -2.53. The van der Waals surface area contributed by atoms with Gasteiger partial charge in [-0.2, -0.15) is 0 Å². The molecule has 0 radical (unpaired) electrons. The number of likely N-dealkylation sites (tertiary alicyclic amines) is 2. The molecule has 0 amide bonds. The van der Waals surface area contributed by atoms with Crippen LogP contribution in [-0.4, -0.2) is 67.0 Å². The summed E-state index contributed by atoms with van der Waals surface area (Å²) in [6.07, 6.45) is 6.03. The first-order valence-corrected chi connectivity index (χ1v) is 13.1. The van der Waals surface area contributed by atoms with Crippen LogP contribution in [0.3, 0.4) is 0 Å². The summed E-state index contributed by atoms with van der Waals surface area (Å²) in [7, 11) is 2.18. The quantitative estimate of drug-likeness (QED) is 0.388. The third-order valence-electron chi connectivity index (χ3n) is 7.80. The molecule has 1 N–H and O–H groups in total. The van der Waals surface area contributed by atoms with Crippen molar-refractivity contribution >= 4 is 22.8 Å². The molecule has 8 nitrogen and oxygen atoms in total. The van der Waals surface area contributed by atoms with Gasteiger partial charge >= 0.3 is 0 Å². The number of pyridine rings is 1. The zero-order chi connectivity index (χ0) is 26.6. The second-order valence-corrected chi connectivity index (χ2v) is 10.8. The van der Waals surface area contributed by atoms with E-state index in [1.165, 1.54) is 19.0 Å². The molecule has 10 heteroatoms. The predicted molar refractivity (Wildman–Crippen MR) is 143 cm³/mol. The molecule has 6 rings (SSSR count). The van der Waals surface area contributed by atoms with Crippen LogP contribution in [0.25, 0.3) is 22.2 Å². The third kappa shape index (κ3) is 4.52. The van der Waals surface area contributed by atoms with Gasteiger partial charge in [-0.25, -0.2) is 28.7 Å². The fourth-order valence-corrected chi connectivity index (χ4v) is 5.90. The summed E-state index contributed by atoms with van der Waals surface area (Å²) in [5, 5.41) is 3.05. The monoisotopic (exact) mass is 518 g/mol. The highest BCUT2D eigenvalue weighted by Crippen LogP contribution is 2.34. The van der Waals surface area contributed by atoms with Crippen molar-refractivity contribution in [3.8, 4) is 11.1 Å². The van der Waals surface area contributed by atoms with E-state index in [2.05, 4.69) is 42.1 Å². The Labute approximate surface area is 220 Å². The van der Waals surface area contributed by atoms with E-state index in [9.17, 15) is 8.78 Å². The minimum atomic E-state index is -0.542. The summed E-state index contributed by atoms with van der Waals surface area (Å²) < 4.78 is 31.8. The van der Waals surface area contributed by atoms with E-state index in [4.69, 9.17) is 0 Å². The van der Waals surface area contributed by atoms with E-state index in [-0.39, 0.29) is 17.1 Å². The second-order valence-electron chi connectivity index (χ2n) is 10.8. The van der Waals surface area contributed by atoms with Crippen LogP contribution in [0.5, 0.6) is 0 Å². The van der Waals surface area contributed by atoms with Crippen molar-refractivity contribution in [1.82, 2.24) is 34.3 Å². The Kier molecular flexibility index (Phi) is 6.31. The van der Waals surface area contributed by atoms with Crippen molar-refractivity contribution in [2.75, 3.05) is 32.0 Å². The number of piperidine rings is 1. The van der Waals surface area contributed by atoms with Crippen molar-refractivity contribution in [1.29, 1.82) is 0 Å². The van der Waals surface area contributed by atoms with Crippen molar-refractivity contribution in [2.24, 2.45) is 5.92 Å². The average molecular weight is 519 g/mol. The van der Waals surface area contributed by atoms with Crippen LogP contribution in [0, 0.1) is 24.5 Å². The van der Waals surface area contributed by atoms with Gasteiger partial charge in [-0.1, -0.05) is 0 Å². The molecule has 2 fully saturated rings. The lowest BCUT2D eigenvalue weighted by molar-refractivity contribution is -0.0433. The van der Waals surface area contributed by atoms with E-state index < -0.39 is 11.6 Å². The number of fused-ring (bicyclic) bond motifs is 2. The fourth-order valence-electron chi connectivity index (χ4n) is 5.90. The normalized spacial score (nSPS) is 20.1. The Morgan fingerprint density at radius 3 is 2.58 bits per heavy atom. The van der Waals surface area contributed by atoms with Crippen LogP contribution in [-0.2, 0) is 6.54 Å². The summed E-state index contributed by atoms with van der Waals surface area (Å²) in [6, 6.07) is 5.34. The van der Waals surface area contributed by atoms with E-state index in [0.29, 0.717) is 34.7 Å². The van der Waals surface area contributed by atoms with Crippen LogP contribution in [0.4, 0.5) is 20.5 Å². The first kappa shape index (κ1) is 24.8. The lowest BCUT2D eigenvalue weighted by Crippen LogP contribution is -2.62. The van der Waals surface area contributed by atoms with Gasteiger partial charge in [0.05, 0.1) is 11.7 Å². The second kappa shape index (κ2) is 9.67. The van der Waals surface area contributed by atoms with Gasteiger partial charge in [0.1, 0.15) is 23.0 Å². The molecule has 0 saturated carbocycles. The number of aryl methyl sites for hydroxylation is 1. The van der Waals surface area contributed by atoms with Crippen molar-refractivity contribution in [3.63, 3.8) is 0 Å². The first-order chi connectivity index (χ1) is 18.3. The number of likely N-dealkylation sites (N-methyl/N-ethyl adjacent to an activating group) is 1. The highest BCUT2D eigenvalue weighted by molar-refractivity contribution is 5.84. The van der Waals surface area contributed by atoms with Crippen molar-refractivity contribution < 1.29 is 8.78 Å². The van der Waals surface area contributed by atoms with Crippen LogP contribution in [0.2, 0.25) is 0 Å². The zero-order valence-electron chi connectivity index (χ0n) is 22.1. The fraction of sp³-hybridized carbons (Fsp3) is 0.429. The molecule has 2 atom stereocenters. The topological polar surface area (TPSA) is 75.0 Å². The van der Waals surface area contributed by atoms with Crippen LogP contribution in [0.1, 0.15) is 37.7 Å². The molecule has 3 aromatic heterocycles. The van der Waals surface area contributed by atoms with Gasteiger partial charge in [0.15, 0.2) is 5.82 Å². The molecule has 2 saturated heterocycles. The van der Waals surface area contributed by atoms with E-state index in [0.717, 1.165) is 37.3 Å². The number of rotatable bonds is 6. The smallest absolute Gasteiger partial charge is 0.228 e. The number of nitrogens with one attached hydrogen (secondary N) is 1. The predicted octanol–water partition coefficient (Wildman–Crippen LogP) is 4.94. The molecule has 4 aromatic rings. The van der Waals surface area contributed by atoms with Gasteiger partial charge in [0, 0.05) is 55.2 Å². The maximum atomic E-state index is 15.0. The molecule has 0 spiro atoms.